The van der Waals surface area contributed by atoms with Crippen LogP contribution in [-0.4, -0.2) is 42.0 Å². The monoisotopic (exact) mass is 475 g/mol. The molecular weight excluding hydrogens is 442 g/mol. The van der Waals surface area contributed by atoms with Gasteiger partial charge in [0.1, 0.15) is 0 Å². The number of hydrogen-bond donors (Lipinski definition) is 2. The summed E-state index contributed by atoms with van der Waals surface area (Å²) in [5, 5.41) is 6.56. The van der Waals surface area contributed by atoms with Gasteiger partial charge in [-0.15, -0.1) is 0 Å². The van der Waals surface area contributed by atoms with Crippen molar-refractivity contribution in [3.05, 3.63) is 34.3 Å². The summed E-state index contributed by atoms with van der Waals surface area (Å²) in [5.41, 5.74) is 0.737. The quantitative estimate of drug-likeness (QED) is 0.651. The predicted molar refractivity (Wildman–Crippen MR) is 122 cm³/mol. The summed E-state index contributed by atoms with van der Waals surface area (Å²) in [4.78, 5) is 27.9. The van der Waals surface area contributed by atoms with E-state index in [2.05, 4.69) is 38.7 Å². The number of nitrogens with zero attached hydrogens (tertiary/aromatic N) is 1. The maximum atomic E-state index is 13.4. The molecule has 1 heterocycles. The van der Waals surface area contributed by atoms with Crippen molar-refractivity contribution in [2.75, 3.05) is 13.1 Å². The molecule has 1 aliphatic heterocycles. The average Bonchev–Trinajstić information content (AvgIpc) is 3.27. The molecule has 1 aromatic carbocycles. The van der Waals surface area contributed by atoms with E-state index in [-0.39, 0.29) is 18.0 Å². The van der Waals surface area contributed by atoms with Gasteiger partial charge in [-0.3, -0.25) is 4.79 Å². The second-order valence-electron chi connectivity index (χ2n) is 9.32. The van der Waals surface area contributed by atoms with Crippen LogP contribution in [0.1, 0.15) is 76.2 Å². The number of nitrogens with one attached hydrogen (secondary N) is 2. The number of urea groups is 1. The molecule has 6 heteroatoms. The van der Waals surface area contributed by atoms with Gasteiger partial charge in [0.15, 0.2) is 0 Å². The highest BCUT2D eigenvalue weighted by molar-refractivity contribution is 9.10. The number of rotatable bonds is 4. The Bertz CT molecular complexity index is 731. The molecule has 2 aliphatic carbocycles. The van der Waals surface area contributed by atoms with Gasteiger partial charge in [0.25, 0.3) is 0 Å². The first kappa shape index (κ1) is 21.7. The van der Waals surface area contributed by atoms with Gasteiger partial charge in [0.05, 0.1) is 5.41 Å². The van der Waals surface area contributed by atoms with Crippen LogP contribution in [-0.2, 0) is 10.2 Å². The summed E-state index contributed by atoms with van der Waals surface area (Å²) in [5.74, 6) is 0.174. The molecule has 0 bridgehead atoms. The van der Waals surface area contributed by atoms with Crippen molar-refractivity contribution in [2.45, 2.75) is 88.1 Å². The minimum absolute atomic E-state index is 0.0776. The molecule has 3 fully saturated rings. The summed E-state index contributed by atoms with van der Waals surface area (Å²) in [6.45, 7) is 1.43. The highest BCUT2D eigenvalue weighted by Crippen LogP contribution is 2.42. The van der Waals surface area contributed by atoms with Crippen molar-refractivity contribution in [1.29, 1.82) is 0 Å². The number of likely N-dealkylation sites (tertiary alicyclic amines) is 1. The summed E-state index contributed by atoms with van der Waals surface area (Å²) >= 11 is 3.50. The number of piperidine rings is 1. The van der Waals surface area contributed by atoms with E-state index in [4.69, 9.17) is 0 Å². The van der Waals surface area contributed by atoms with Crippen molar-refractivity contribution in [3.8, 4) is 0 Å². The Morgan fingerprint density at radius 3 is 2.07 bits per heavy atom. The van der Waals surface area contributed by atoms with E-state index in [1.807, 2.05) is 17.0 Å². The van der Waals surface area contributed by atoms with Gasteiger partial charge < -0.3 is 15.5 Å². The Labute approximate surface area is 188 Å². The van der Waals surface area contributed by atoms with Crippen LogP contribution >= 0.6 is 15.9 Å². The summed E-state index contributed by atoms with van der Waals surface area (Å²) in [7, 11) is 0. The van der Waals surface area contributed by atoms with Gasteiger partial charge >= 0.3 is 6.03 Å². The summed E-state index contributed by atoms with van der Waals surface area (Å²) in [6.07, 6.45) is 11.7. The Morgan fingerprint density at radius 1 is 0.833 bits per heavy atom. The third kappa shape index (κ3) is 4.84. The lowest BCUT2D eigenvalue weighted by Gasteiger charge is -2.36. The highest BCUT2D eigenvalue weighted by atomic mass is 79.9. The van der Waals surface area contributed by atoms with E-state index in [1.54, 1.807) is 0 Å². The Hall–Kier alpha value is -1.56. The first-order valence-corrected chi connectivity index (χ1v) is 12.5. The third-order valence-electron chi connectivity index (χ3n) is 7.34. The first-order chi connectivity index (χ1) is 14.6. The lowest BCUT2D eigenvalue weighted by Crippen LogP contribution is -2.53. The summed E-state index contributed by atoms with van der Waals surface area (Å²) < 4.78 is 1.04. The van der Waals surface area contributed by atoms with Crippen molar-refractivity contribution >= 4 is 27.9 Å². The van der Waals surface area contributed by atoms with E-state index in [0.29, 0.717) is 6.04 Å². The van der Waals surface area contributed by atoms with Gasteiger partial charge in [0.2, 0.25) is 5.91 Å². The lowest BCUT2D eigenvalue weighted by atomic mass is 9.77. The maximum Gasteiger partial charge on any atom is 0.317 e. The third-order valence-corrected chi connectivity index (χ3v) is 7.87. The number of hydrogen-bond acceptors (Lipinski definition) is 2. The molecule has 2 saturated carbocycles. The predicted octanol–water partition coefficient (Wildman–Crippen LogP) is 4.88. The van der Waals surface area contributed by atoms with Crippen LogP contribution in [0.4, 0.5) is 4.79 Å². The fourth-order valence-electron chi connectivity index (χ4n) is 5.46. The molecule has 2 N–H and O–H groups in total. The number of benzene rings is 1. The Morgan fingerprint density at radius 2 is 1.43 bits per heavy atom. The molecule has 3 aliphatic rings. The van der Waals surface area contributed by atoms with E-state index in [1.165, 1.54) is 19.3 Å². The number of carbonyl (C=O) groups excluding carboxylic acids is 2. The topological polar surface area (TPSA) is 61.4 Å². The van der Waals surface area contributed by atoms with E-state index in [0.717, 1.165) is 74.5 Å². The SMILES string of the molecule is O=C(NC1CCCCC1)N1CCC(NC(=O)C2(c3ccc(Br)cc3)CCCC2)CC1. The van der Waals surface area contributed by atoms with Crippen LogP contribution < -0.4 is 10.6 Å². The van der Waals surface area contributed by atoms with Crippen LogP contribution in [0.2, 0.25) is 0 Å². The molecular formula is C24H34BrN3O2. The summed E-state index contributed by atoms with van der Waals surface area (Å²) in [6, 6.07) is 8.83. The minimum Gasteiger partial charge on any atom is -0.352 e. The van der Waals surface area contributed by atoms with E-state index in [9.17, 15) is 9.59 Å². The first-order valence-electron chi connectivity index (χ1n) is 11.7. The fourth-order valence-corrected chi connectivity index (χ4v) is 5.72. The number of halogens is 1. The van der Waals surface area contributed by atoms with E-state index >= 15 is 0 Å². The van der Waals surface area contributed by atoms with Crippen LogP contribution in [0, 0.1) is 0 Å². The Kier molecular flexibility index (Phi) is 7.01. The van der Waals surface area contributed by atoms with Gasteiger partial charge in [-0.05, 0) is 56.2 Å². The highest BCUT2D eigenvalue weighted by Gasteiger charge is 2.43. The van der Waals surface area contributed by atoms with Crippen LogP contribution in [0.5, 0.6) is 0 Å². The van der Waals surface area contributed by atoms with Crippen LogP contribution in [0.15, 0.2) is 28.7 Å². The largest absolute Gasteiger partial charge is 0.352 e. The standard InChI is InChI=1S/C24H34BrN3O2/c25-19-10-8-18(9-11-19)24(14-4-5-15-24)22(29)26-21-12-16-28(17-13-21)23(30)27-20-6-2-1-3-7-20/h8-11,20-21H,1-7,12-17H2,(H,26,29)(H,27,30). The van der Waals surface area contributed by atoms with Gasteiger partial charge in [-0.25, -0.2) is 4.79 Å². The second kappa shape index (κ2) is 9.71. The molecule has 0 unspecified atom stereocenters. The van der Waals surface area contributed by atoms with E-state index < -0.39 is 5.41 Å². The van der Waals surface area contributed by atoms with Crippen LogP contribution in [0.25, 0.3) is 0 Å². The minimum atomic E-state index is -0.393. The zero-order chi connectivity index (χ0) is 21.0. The molecule has 0 radical (unpaired) electrons. The van der Waals surface area contributed by atoms with Crippen molar-refractivity contribution in [1.82, 2.24) is 15.5 Å². The molecule has 3 amide bonds. The van der Waals surface area contributed by atoms with Crippen molar-refractivity contribution in [2.24, 2.45) is 0 Å². The molecule has 164 valence electrons. The number of amides is 3. The smallest absolute Gasteiger partial charge is 0.317 e. The normalized spacial score (nSPS) is 22.6. The molecule has 1 saturated heterocycles. The second-order valence-corrected chi connectivity index (χ2v) is 10.2. The zero-order valence-corrected chi connectivity index (χ0v) is 19.4. The fraction of sp³-hybridized carbons (Fsp3) is 0.667. The molecule has 1 aromatic rings. The zero-order valence-electron chi connectivity index (χ0n) is 17.8. The van der Waals surface area contributed by atoms with Gasteiger partial charge in [0, 0.05) is 29.6 Å². The molecule has 0 atom stereocenters. The average molecular weight is 476 g/mol. The number of carbonyl (C=O) groups is 2. The molecule has 4 rings (SSSR count). The molecule has 0 spiro atoms. The van der Waals surface area contributed by atoms with Crippen molar-refractivity contribution < 1.29 is 9.59 Å². The molecule has 30 heavy (non-hydrogen) atoms. The Balaban J connectivity index is 1.31. The molecule has 5 nitrogen and oxygen atoms in total. The molecule has 0 aromatic heterocycles. The van der Waals surface area contributed by atoms with Gasteiger partial charge in [-0.1, -0.05) is 60.2 Å². The lowest BCUT2D eigenvalue weighted by molar-refractivity contribution is -0.127. The van der Waals surface area contributed by atoms with Crippen LogP contribution in [0.3, 0.4) is 0 Å². The van der Waals surface area contributed by atoms with Crippen molar-refractivity contribution in [3.63, 3.8) is 0 Å². The maximum absolute atomic E-state index is 13.4. The van der Waals surface area contributed by atoms with Gasteiger partial charge in [-0.2, -0.15) is 0 Å².